The van der Waals surface area contributed by atoms with Crippen molar-refractivity contribution in [1.82, 2.24) is 4.90 Å². The topological polar surface area (TPSA) is 66.8 Å². The van der Waals surface area contributed by atoms with Gasteiger partial charge < -0.3 is 14.7 Å². The molecule has 1 unspecified atom stereocenters. The van der Waals surface area contributed by atoms with Crippen molar-refractivity contribution in [1.29, 1.82) is 0 Å². The summed E-state index contributed by atoms with van der Waals surface area (Å²) in [5, 5.41) is 10.4. The highest BCUT2D eigenvalue weighted by molar-refractivity contribution is 6.10. The number of ketones is 1. The second-order valence-corrected chi connectivity index (χ2v) is 7.71. The Labute approximate surface area is 153 Å². The van der Waals surface area contributed by atoms with E-state index in [0.717, 1.165) is 0 Å². The zero-order valence-corrected chi connectivity index (χ0v) is 15.9. The van der Waals surface area contributed by atoms with Gasteiger partial charge in [0, 0.05) is 12.0 Å². The molecule has 1 atom stereocenters. The Hall–Kier alpha value is -2.21. The van der Waals surface area contributed by atoms with Crippen molar-refractivity contribution >= 4 is 11.7 Å². The van der Waals surface area contributed by atoms with Crippen molar-refractivity contribution in [3.63, 3.8) is 0 Å². The van der Waals surface area contributed by atoms with Crippen LogP contribution in [0.3, 0.4) is 0 Å². The van der Waals surface area contributed by atoms with Gasteiger partial charge in [0.05, 0.1) is 24.3 Å². The van der Waals surface area contributed by atoms with Gasteiger partial charge in [-0.25, -0.2) is 4.39 Å². The van der Waals surface area contributed by atoms with Crippen molar-refractivity contribution in [3.05, 3.63) is 47.0 Å². The molecule has 2 rings (SSSR count). The third-order valence-electron chi connectivity index (χ3n) is 4.20. The van der Waals surface area contributed by atoms with Gasteiger partial charge in [0.2, 0.25) is 0 Å². The molecule has 0 saturated heterocycles. The maximum absolute atomic E-state index is 13.3. The molecule has 1 amide bonds. The van der Waals surface area contributed by atoms with E-state index >= 15 is 0 Å². The highest BCUT2D eigenvalue weighted by Crippen LogP contribution is 2.40. The van der Waals surface area contributed by atoms with E-state index in [-0.39, 0.29) is 30.6 Å². The first-order chi connectivity index (χ1) is 12.0. The summed E-state index contributed by atoms with van der Waals surface area (Å²) in [6.07, 6.45) is -0.00536. The lowest BCUT2D eigenvalue weighted by atomic mass is 9.82. The predicted molar refractivity (Wildman–Crippen MR) is 96.1 cm³/mol. The highest BCUT2D eigenvalue weighted by Gasteiger charge is 2.45. The molecule has 6 heteroatoms. The van der Waals surface area contributed by atoms with Crippen LogP contribution in [0.1, 0.15) is 46.2 Å². The predicted octanol–water partition coefficient (Wildman–Crippen LogP) is 3.56. The molecule has 1 aliphatic heterocycles. The summed E-state index contributed by atoms with van der Waals surface area (Å²) in [6.45, 7) is 9.43. The molecule has 0 fully saturated rings. The van der Waals surface area contributed by atoms with Gasteiger partial charge in [0.1, 0.15) is 5.82 Å². The number of hydrogen-bond donors (Lipinski definition) is 1. The molecule has 1 aromatic rings. The van der Waals surface area contributed by atoms with Crippen molar-refractivity contribution in [2.24, 2.45) is 5.41 Å². The van der Waals surface area contributed by atoms with Gasteiger partial charge in [-0.3, -0.25) is 9.59 Å². The number of carbonyl (C=O) groups is 2. The smallest absolute Gasteiger partial charge is 0.290 e. The minimum atomic E-state index is -0.772. The molecule has 1 aliphatic rings. The van der Waals surface area contributed by atoms with E-state index in [1.807, 2.05) is 13.8 Å². The molecule has 1 N–H and O–H groups in total. The first-order valence-electron chi connectivity index (χ1n) is 8.70. The largest absolute Gasteiger partial charge is 0.503 e. The Bertz CT molecular complexity index is 716. The second-order valence-electron chi connectivity index (χ2n) is 7.71. The van der Waals surface area contributed by atoms with Crippen LogP contribution in [0.2, 0.25) is 0 Å². The Morgan fingerprint density at radius 2 is 1.85 bits per heavy atom. The summed E-state index contributed by atoms with van der Waals surface area (Å²) in [5.41, 5.74) is -0.147. The van der Waals surface area contributed by atoms with Crippen molar-refractivity contribution < 1.29 is 23.8 Å². The minimum absolute atomic E-state index is 0.00536. The van der Waals surface area contributed by atoms with Crippen LogP contribution in [0.4, 0.5) is 4.39 Å². The van der Waals surface area contributed by atoms with E-state index in [4.69, 9.17) is 4.74 Å². The Balaban J connectivity index is 2.45. The van der Waals surface area contributed by atoms with Crippen LogP contribution in [-0.4, -0.2) is 41.0 Å². The van der Waals surface area contributed by atoms with E-state index in [1.165, 1.54) is 29.2 Å². The first-order valence-corrected chi connectivity index (χ1v) is 8.70. The average Bonchev–Trinajstić information content (AvgIpc) is 2.78. The first kappa shape index (κ1) is 20.1. The number of ether oxygens (including phenoxy) is 1. The number of halogens is 1. The highest BCUT2D eigenvalue weighted by atomic mass is 19.1. The Morgan fingerprint density at radius 1 is 1.27 bits per heavy atom. The number of aliphatic hydroxyl groups excluding tert-OH is 1. The maximum atomic E-state index is 13.3. The lowest BCUT2D eigenvalue weighted by Gasteiger charge is -2.29. The summed E-state index contributed by atoms with van der Waals surface area (Å²) in [4.78, 5) is 26.9. The zero-order chi connectivity index (χ0) is 19.6. The molecule has 0 radical (unpaired) electrons. The number of nitrogens with zero attached hydrogens (tertiary/aromatic N) is 1. The molecular weight excluding hydrogens is 337 g/mol. The fraction of sp³-hybridized carbons (Fsp3) is 0.500. The number of rotatable bonds is 6. The molecule has 1 aromatic carbocycles. The van der Waals surface area contributed by atoms with Crippen LogP contribution in [0.25, 0.3) is 0 Å². The van der Waals surface area contributed by atoms with E-state index in [2.05, 4.69) is 0 Å². The molecule has 5 nitrogen and oxygen atoms in total. The van der Waals surface area contributed by atoms with Crippen LogP contribution in [0, 0.1) is 11.2 Å². The van der Waals surface area contributed by atoms with E-state index < -0.39 is 28.9 Å². The van der Waals surface area contributed by atoms with E-state index in [1.54, 1.807) is 20.8 Å². The number of aliphatic hydroxyl groups is 1. The van der Waals surface area contributed by atoms with Gasteiger partial charge in [-0.15, -0.1) is 0 Å². The molecule has 0 aliphatic carbocycles. The standard InChI is InChI=1S/C20H26FNO4/c1-12(2)26-11-10-22-16(13-6-8-14(21)9-7-13)15(17(23)19(22)25)18(24)20(3,4)5/h6-9,12,16,23H,10-11H2,1-5H3. The number of amides is 1. The van der Waals surface area contributed by atoms with Gasteiger partial charge in [-0.2, -0.15) is 0 Å². The summed E-state index contributed by atoms with van der Waals surface area (Å²) in [7, 11) is 0. The average molecular weight is 363 g/mol. The van der Waals surface area contributed by atoms with E-state index in [9.17, 15) is 19.1 Å². The quantitative estimate of drug-likeness (QED) is 0.839. The molecule has 0 spiro atoms. The van der Waals surface area contributed by atoms with Gasteiger partial charge in [-0.1, -0.05) is 32.9 Å². The Kier molecular flexibility index (Phi) is 5.86. The van der Waals surface area contributed by atoms with Gasteiger partial charge in [0.25, 0.3) is 5.91 Å². The molecule has 0 bridgehead atoms. The maximum Gasteiger partial charge on any atom is 0.290 e. The van der Waals surface area contributed by atoms with Crippen LogP contribution < -0.4 is 0 Å². The number of benzene rings is 1. The van der Waals surface area contributed by atoms with Crippen molar-refractivity contribution in [3.8, 4) is 0 Å². The number of Topliss-reactive ketones (excluding diaryl/α,β-unsaturated/α-hetero) is 1. The lowest BCUT2D eigenvalue weighted by Crippen LogP contribution is -2.35. The third-order valence-corrected chi connectivity index (χ3v) is 4.20. The fourth-order valence-electron chi connectivity index (χ4n) is 2.90. The molecule has 142 valence electrons. The fourth-order valence-corrected chi connectivity index (χ4v) is 2.90. The van der Waals surface area contributed by atoms with Gasteiger partial charge in [0.15, 0.2) is 11.5 Å². The number of carbonyl (C=O) groups excluding carboxylic acids is 2. The van der Waals surface area contributed by atoms with Crippen molar-refractivity contribution in [2.45, 2.75) is 46.8 Å². The van der Waals surface area contributed by atoms with Crippen LogP contribution in [0.5, 0.6) is 0 Å². The summed E-state index contributed by atoms with van der Waals surface area (Å²) < 4.78 is 18.8. The zero-order valence-electron chi connectivity index (χ0n) is 15.9. The normalized spacial score (nSPS) is 18.2. The number of hydrogen-bond acceptors (Lipinski definition) is 4. The molecular formula is C20H26FNO4. The Morgan fingerprint density at radius 3 is 2.35 bits per heavy atom. The SMILES string of the molecule is CC(C)OCCN1C(=O)C(O)=C(C(=O)C(C)(C)C)C1c1ccc(F)cc1. The van der Waals surface area contributed by atoms with Gasteiger partial charge >= 0.3 is 0 Å². The molecule has 0 saturated carbocycles. The monoisotopic (exact) mass is 363 g/mol. The summed E-state index contributed by atoms with van der Waals surface area (Å²) >= 11 is 0. The molecule has 0 aromatic heterocycles. The van der Waals surface area contributed by atoms with Gasteiger partial charge in [-0.05, 0) is 31.5 Å². The summed E-state index contributed by atoms with van der Waals surface area (Å²) in [6, 6.07) is 4.84. The minimum Gasteiger partial charge on any atom is -0.503 e. The van der Waals surface area contributed by atoms with Crippen LogP contribution >= 0.6 is 0 Å². The second kappa shape index (κ2) is 7.58. The molecule has 1 heterocycles. The van der Waals surface area contributed by atoms with Crippen LogP contribution in [-0.2, 0) is 14.3 Å². The van der Waals surface area contributed by atoms with Crippen LogP contribution in [0.15, 0.2) is 35.6 Å². The van der Waals surface area contributed by atoms with Crippen molar-refractivity contribution in [2.75, 3.05) is 13.2 Å². The summed E-state index contributed by atoms with van der Waals surface area (Å²) in [5.74, 6) is -1.88. The lowest BCUT2D eigenvalue weighted by molar-refractivity contribution is -0.130. The molecule has 26 heavy (non-hydrogen) atoms. The third kappa shape index (κ3) is 4.12. The van der Waals surface area contributed by atoms with E-state index in [0.29, 0.717) is 5.56 Å².